The number of H-pyrrole nitrogens is 1. The number of alkyl halides is 1. The summed E-state index contributed by atoms with van der Waals surface area (Å²) in [6, 6.07) is 0. The molecule has 14 heavy (non-hydrogen) atoms. The lowest BCUT2D eigenvalue weighted by molar-refractivity contribution is -0.128. The largest absolute Gasteiger partial charge is 0.347 e. The zero-order valence-electron chi connectivity index (χ0n) is 7.74. The summed E-state index contributed by atoms with van der Waals surface area (Å²) in [6.45, 7) is 1.44. The fourth-order valence-corrected chi connectivity index (χ4v) is 2.11. The highest BCUT2D eigenvalue weighted by molar-refractivity contribution is 9.09. The molecule has 1 N–H and O–H groups in total. The first-order valence-corrected chi connectivity index (χ1v) is 5.73. The fourth-order valence-electron chi connectivity index (χ4n) is 1.68. The van der Waals surface area contributed by atoms with E-state index in [2.05, 4.69) is 25.9 Å². The van der Waals surface area contributed by atoms with Crippen LogP contribution in [0.2, 0.25) is 0 Å². The maximum absolute atomic E-state index is 11.5. The van der Waals surface area contributed by atoms with Crippen molar-refractivity contribution in [1.82, 2.24) is 14.9 Å². The van der Waals surface area contributed by atoms with E-state index in [0.717, 1.165) is 17.7 Å². The lowest BCUT2D eigenvalue weighted by Crippen LogP contribution is -2.25. The van der Waals surface area contributed by atoms with Crippen LogP contribution in [0.5, 0.6) is 0 Å². The average molecular weight is 258 g/mol. The Morgan fingerprint density at radius 3 is 3.14 bits per heavy atom. The Bertz CT molecular complexity index is 312. The van der Waals surface area contributed by atoms with E-state index in [0.29, 0.717) is 18.9 Å². The number of amides is 1. The molecule has 0 aliphatic carbocycles. The van der Waals surface area contributed by atoms with Gasteiger partial charge in [0, 0.05) is 30.7 Å². The summed E-state index contributed by atoms with van der Waals surface area (Å²) in [7, 11) is 0. The highest BCUT2D eigenvalue weighted by Crippen LogP contribution is 2.20. The molecule has 1 aromatic rings. The second-order valence-electron chi connectivity index (χ2n) is 3.53. The van der Waals surface area contributed by atoms with Gasteiger partial charge < -0.3 is 9.88 Å². The first-order valence-electron chi connectivity index (χ1n) is 4.61. The van der Waals surface area contributed by atoms with Gasteiger partial charge in [0.2, 0.25) is 5.91 Å². The predicted molar refractivity (Wildman–Crippen MR) is 55.9 cm³/mol. The Morgan fingerprint density at radius 2 is 2.57 bits per heavy atom. The van der Waals surface area contributed by atoms with Crippen molar-refractivity contribution in [2.24, 2.45) is 5.92 Å². The van der Waals surface area contributed by atoms with Crippen LogP contribution in [0.4, 0.5) is 0 Å². The highest BCUT2D eigenvalue weighted by Gasteiger charge is 2.28. The molecule has 0 radical (unpaired) electrons. The van der Waals surface area contributed by atoms with Gasteiger partial charge in [-0.2, -0.15) is 0 Å². The van der Waals surface area contributed by atoms with Crippen LogP contribution in [-0.4, -0.2) is 32.6 Å². The lowest BCUT2D eigenvalue weighted by atomic mass is 10.2. The van der Waals surface area contributed by atoms with E-state index >= 15 is 0 Å². The van der Waals surface area contributed by atoms with Crippen molar-refractivity contribution in [1.29, 1.82) is 0 Å². The highest BCUT2D eigenvalue weighted by atomic mass is 79.9. The first-order chi connectivity index (χ1) is 6.79. The predicted octanol–water partition coefficient (Wildman–Crippen LogP) is 1.15. The van der Waals surface area contributed by atoms with Crippen LogP contribution < -0.4 is 0 Å². The van der Waals surface area contributed by atoms with Crippen LogP contribution in [0.3, 0.4) is 0 Å². The van der Waals surface area contributed by atoms with Crippen LogP contribution in [0.25, 0.3) is 0 Å². The van der Waals surface area contributed by atoms with Crippen molar-refractivity contribution in [2.75, 3.05) is 11.9 Å². The standard InChI is InChI=1S/C9H12BrN3O/c10-4-7-3-9(14)13(5-7)6-8-11-1-2-12-8/h1-2,7H,3-6H2,(H,11,12). The molecule has 1 unspecified atom stereocenters. The number of nitrogens with zero attached hydrogens (tertiary/aromatic N) is 2. The molecular formula is C9H12BrN3O. The zero-order chi connectivity index (χ0) is 9.97. The Kier molecular flexibility index (Phi) is 2.86. The van der Waals surface area contributed by atoms with Gasteiger partial charge >= 0.3 is 0 Å². The molecule has 1 aliphatic rings. The van der Waals surface area contributed by atoms with E-state index in [4.69, 9.17) is 0 Å². The number of carbonyl (C=O) groups is 1. The van der Waals surface area contributed by atoms with Gasteiger partial charge in [-0.15, -0.1) is 0 Å². The maximum Gasteiger partial charge on any atom is 0.223 e. The summed E-state index contributed by atoms with van der Waals surface area (Å²) in [5, 5.41) is 0.896. The van der Waals surface area contributed by atoms with Crippen LogP contribution in [0.15, 0.2) is 12.4 Å². The van der Waals surface area contributed by atoms with Crippen LogP contribution in [0.1, 0.15) is 12.2 Å². The van der Waals surface area contributed by atoms with Gasteiger partial charge in [0.1, 0.15) is 5.82 Å². The number of aromatic nitrogens is 2. The second-order valence-corrected chi connectivity index (χ2v) is 4.18. The minimum Gasteiger partial charge on any atom is -0.347 e. The molecule has 1 aromatic heterocycles. The number of aromatic amines is 1. The van der Waals surface area contributed by atoms with E-state index in [1.807, 2.05) is 4.90 Å². The second kappa shape index (κ2) is 4.13. The number of hydrogen-bond donors (Lipinski definition) is 1. The monoisotopic (exact) mass is 257 g/mol. The molecule has 2 heterocycles. The molecule has 0 bridgehead atoms. The number of rotatable bonds is 3. The minimum atomic E-state index is 0.228. The lowest BCUT2D eigenvalue weighted by Gasteiger charge is -2.14. The Labute approximate surface area is 90.8 Å². The first kappa shape index (κ1) is 9.71. The van der Waals surface area contributed by atoms with E-state index in [9.17, 15) is 4.79 Å². The molecule has 1 aliphatic heterocycles. The van der Waals surface area contributed by atoms with Crippen LogP contribution in [-0.2, 0) is 11.3 Å². The molecule has 0 aromatic carbocycles. The smallest absolute Gasteiger partial charge is 0.223 e. The van der Waals surface area contributed by atoms with E-state index in [-0.39, 0.29) is 5.91 Å². The fraction of sp³-hybridized carbons (Fsp3) is 0.556. The van der Waals surface area contributed by atoms with Crippen molar-refractivity contribution < 1.29 is 4.79 Å². The number of likely N-dealkylation sites (tertiary alicyclic amines) is 1. The van der Waals surface area contributed by atoms with E-state index in [1.165, 1.54) is 0 Å². The number of hydrogen-bond acceptors (Lipinski definition) is 2. The van der Waals surface area contributed by atoms with Crippen molar-refractivity contribution in [3.63, 3.8) is 0 Å². The van der Waals surface area contributed by atoms with Gasteiger partial charge in [0.15, 0.2) is 0 Å². The molecule has 0 saturated carbocycles. The van der Waals surface area contributed by atoms with Crippen LogP contribution in [0, 0.1) is 5.92 Å². The Morgan fingerprint density at radius 1 is 1.71 bits per heavy atom. The summed E-state index contributed by atoms with van der Waals surface area (Å²) in [5.41, 5.74) is 0. The quantitative estimate of drug-likeness (QED) is 0.827. The average Bonchev–Trinajstić information content (AvgIpc) is 2.78. The maximum atomic E-state index is 11.5. The van der Waals surface area contributed by atoms with Crippen molar-refractivity contribution in [2.45, 2.75) is 13.0 Å². The van der Waals surface area contributed by atoms with Gasteiger partial charge in [-0.3, -0.25) is 4.79 Å². The number of halogens is 1. The molecule has 1 saturated heterocycles. The molecule has 5 heteroatoms. The molecule has 2 rings (SSSR count). The van der Waals surface area contributed by atoms with Gasteiger partial charge in [-0.25, -0.2) is 4.98 Å². The van der Waals surface area contributed by atoms with Crippen molar-refractivity contribution in [3.8, 4) is 0 Å². The number of carbonyl (C=O) groups excluding carboxylic acids is 1. The normalized spacial score (nSPS) is 21.9. The third kappa shape index (κ3) is 1.97. The van der Waals surface area contributed by atoms with Crippen molar-refractivity contribution in [3.05, 3.63) is 18.2 Å². The van der Waals surface area contributed by atoms with Gasteiger partial charge in [-0.1, -0.05) is 15.9 Å². The summed E-state index contributed by atoms with van der Waals surface area (Å²) >= 11 is 3.41. The van der Waals surface area contributed by atoms with Crippen molar-refractivity contribution >= 4 is 21.8 Å². The van der Waals surface area contributed by atoms with Gasteiger partial charge in [0.25, 0.3) is 0 Å². The molecular weight excluding hydrogens is 246 g/mol. The summed E-state index contributed by atoms with van der Waals surface area (Å²) in [4.78, 5) is 20.5. The molecule has 1 atom stereocenters. The third-order valence-electron chi connectivity index (χ3n) is 2.41. The molecule has 0 spiro atoms. The molecule has 76 valence electrons. The van der Waals surface area contributed by atoms with Gasteiger partial charge in [0.05, 0.1) is 6.54 Å². The SMILES string of the molecule is O=C1CC(CBr)CN1Cc1ncc[nH]1. The van der Waals surface area contributed by atoms with E-state index in [1.54, 1.807) is 12.4 Å². The Hall–Kier alpha value is -0.840. The van der Waals surface area contributed by atoms with E-state index < -0.39 is 0 Å². The Balaban J connectivity index is 1.96. The number of nitrogens with one attached hydrogen (secondary N) is 1. The third-order valence-corrected chi connectivity index (χ3v) is 3.32. The molecule has 1 amide bonds. The minimum absolute atomic E-state index is 0.228. The molecule has 4 nitrogen and oxygen atoms in total. The summed E-state index contributed by atoms with van der Waals surface area (Å²) in [5.74, 6) is 1.54. The molecule has 1 fully saturated rings. The summed E-state index contributed by atoms with van der Waals surface area (Å²) < 4.78 is 0. The van der Waals surface area contributed by atoms with Gasteiger partial charge in [-0.05, 0) is 5.92 Å². The topological polar surface area (TPSA) is 49.0 Å². The summed E-state index contributed by atoms with van der Waals surface area (Å²) in [6.07, 6.45) is 4.14. The zero-order valence-corrected chi connectivity index (χ0v) is 9.33. The number of imidazole rings is 1. The van der Waals surface area contributed by atoms with Crippen LogP contribution >= 0.6 is 15.9 Å².